The highest BCUT2D eigenvalue weighted by Crippen LogP contribution is 2.26. The Kier molecular flexibility index (Phi) is 5.26. The van der Waals surface area contributed by atoms with Crippen molar-refractivity contribution in [1.82, 2.24) is 0 Å². The average molecular weight is 349 g/mol. The maximum atomic E-state index is 5.96. The van der Waals surface area contributed by atoms with Crippen LogP contribution in [0.25, 0.3) is 0 Å². The van der Waals surface area contributed by atoms with Gasteiger partial charge in [0, 0.05) is 17.1 Å². The van der Waals surface area contributed by atoms with Crippen molar-refractivity contribution in [2.45, 2.75) is 26.9 Å². The molecule has 0 unspecified atom stereocenters. The van der Waals surface area contributed by atoms with E-state index in [1.54, 1.807) is 5.01 Å². The molecule has 0 spiro atoms. The summed E-state index contributed by atoms with van der Waals surface area (Å²) < 4.78 is 7.08. The molecule has 0 bridgehead atoms. The second kappa shape index (κ2) is 6.96. The molecule has 0 heterocycles. The van der Waals surface area contributed by atoms with Gasteiger partial charge in [-0.05, 0) is 48.7 Å². The van der Waals surface area contributed by atoms with Gasteiger partial charge in [-0.25, -0.2) is 5.84 Å². The monoisotopic (exact) mass is 348 g/mol. The number of anilines is 1. The van der Waals surface area contributed by atoms with E-state index in [9.17, 15) is 0 Å². The van der Waals surface area contributed by atoms with Gasteiger partial charge in [-0.1, -0.05) is 35.0 Å². The number of ether oxygens (including phenoxy) is 1. The smallest absolute Gasteiger partial charge is 0.120 e. The van der Waals surface area contributed by atoms with Crippen LogP contribution in [0.3, 0.4) is 0 Å². The van der Waals surface area contributed by atoms with Crippen molar-refractivity contribution in [3.05, 3.63) is 57.6 Å². The number of aryl methyl sites for hydroxylation is 2. The van der Waals surface area contributed by atoms with Gasteiger partial charge in [0.05, 0.1) is 5.69 Å². The Hall–Kier alpha value is -1.52. The quantitative estimate of drug-likeness (QED) is 0.649. The summed E-state index contributed by atoms with van der Waals surface area (Å²) in [5.74, 6) is 6.77. The first-order valence-electron chi connectivity index (χ1n) is 7.01. The van der Waals surface area contributed by atoms with Crippen molar-refractivity contribution in [3.8, 4) is 5.75 Å². The van der Waals surface area contributed by atoms with Gasteiger partial charge in [-0.3, -0.25) is 0 Å². The third kappa shape index (κ3) is 3.77. The van der Waals surface area contributed by atoms with E-state index in [1.165, 1.54) is 11.1 Å². The maximum absolute atomic E-state index is 5.96. The number of benzene rings is 2. The molecule has 0 aromatic heterocycles. The lowest BCUT2D eigenvalue weighted by Gasteiger charge is -2.19. The lowest BCUT2D eigenvalue weighted by Crippen LogP contribution is -2.26. The summed E-state index contributed by atoms with van der Waals surface area (Å²) in [7, 11) is 1.84. The lowest BCUT2D eigenvalue weighted by atomic mass is 10.1. The minimum atomic E-state index is 0.508. The first-order chi connectivity index (χ1) is 10.0. The van der Waals surface area contributed by atoms with Gasteiger partial charge < -0.3 is 9.75 Å². The first kappa shape index (κ1) is 15.9. The van der Waals surface area contributed by atoms with Crippen LogP contribution >= 0.6 is 15.9 Å². The third-order valence-corrected chi connectivity index (χ3v) is 4.32. The minimum Gasteiger partial charge on any atom is -0.489 e. The highest BCUT2D eigenvalue weighted by atomic mass is 79.9. The number of nitrogens with two attached hydrogens (primary N) is 1. The summed E-state index contributed by atoms with van der Waals surface area (Å²) in [6.07, 6.45) is 0.971. The SMILES string of the molecule is CCc1cc(OCc2c(C)cccc2N(C)N)ccc1Br. The van der Waals surface area contributed by atoms with Gasteiger partial charge in [-0.2, -0.15) is 0 Å². The average Bonchev–Trinajstić information content (AvgIpc) is 2.47. The van der Waals surface area contributed by atoms with E-state index in [0.717, 1.165) is 27.9 Å². The van der Waals surface area contributed by atoms with Crippen molar-refractivity contribution in [2.75, 3.05) is 12.1 Å². The van der Waals surface area contributed by atoms with Crippen LogP contribution in [0, 0.1) is 6.92 Å². The molecular formula is C17H21BrN2O. The predicted octanol–water partition coefficient (Wildman–Crippen LogP) is 4.21. The lowest BCUT2D eigenvalue weighted by molar-refractivity contribution is 0.305. The van der Waals surface area contributed by atoms with Crippen LogP contribution in [-0.2, 0) is 13.0 Å². The number of rotatable bonds is 5. The molecule has 0 amide bonds. The van der Waals surface area contributed by atoms with Gasteiger partial charge in [-0.15, -0.1) is 0 Å². The zero-order valence-electron chi connectivity index (χ0n) is 12.7. The van der Waals surface area contributed by atoms with Crippen molar-refractivity contribution < 1.29 is 4.74 Å². The van der Waals surface area contributed by atoms with E-state index in [-0.39, 0.29) is 0 Å². The molecule has 2 rings (SSSR count). The fraction of sp³-hybridized carbons (Fsp3) is 0.294. The Morgan fingerprint density at radius 3 is 2.67 bits per heavy atom. The zero-order chi connectivity index (χ0) is 15.4. The van der Waals surface area contributed by atoms with Gasteiger partial charge in [0.1, 0.15) is 12.4 Å². The Labute approximate surface area is 134 Å². The molecule has 3 nitrogen and oxygen atoms in total. The molecule has 2 aromatic rings. The van der Waals surface area contributed by atoms with E-state index in [4.69, 9.17) is 10.6 Å². The summed E-state index contributed by atoms with van der Waals surface area (Å²) >= 11 is 3.55. The normalized spacial score (nSPS) is 10.5. The molecule has 0 radical (unpaired) electrons. The largest absolute Gasteiger partial charge is 0.489 e. The predicted molar refractivity (Wildman–Crippen MR) is 91.6 cm³/mol. The fourth-order valence-electron chi connectivity index (χ4n) is 2.27. The van der Waals surface area contributed by atoms with E-state index < -0.39 is 0 Å². The highest BCUT2D eigenvalue weighted by Gasteiger charge is 2.09. The number of hydrogen-bond donors (Lipinski definition) is 1. The highest BCUT2D eigenvalue weighted by molar-refractivity contribution is 9.10. The minimum absolute atomic E-state index is 0.508. The van der Waals surface area contributed by atoms with E-state index in [2.05, 4.69) is 41.9 Å². The van der Waals surface area contributed by atoms with Crippen molar-refractivity contribution in [3.63, 3.8) is 0 Å². The van der Waals surface area contributed by atoms with Crippen molar-refractivity contribution in [2.24, 2.45) is 5.84 Å². The molecule has 21 heavy (non-hydrogen) atoms. The molecular weight excluding hydrogens is 328 g/mol. The maximum Gasteiger partial charge on any atom is 0.120 e. The van der Waals surface area contributed by atoms with Crippen LogP contribution in [-0.4, -0.2) is 7.05 Å². The molecule has 0 aliphatic rings. The molecule has 0 aliphatic carbocycles. The summed E-state index contributed by atoms with van der Waals surface area (Å²) in [6.45, 7) is 4.71. The zero-order valence-corrected chi connectivity index (χ0v) is 14.3. The number of halogens is 1. The Morgan fingerprint density at radius 1 is 1.24 bits per heavy atom. The van der Waals surface area contributed by atoms with E-state index in [1.807, 2.05) is 31.3 Å². The summed E-state index contributed by atoms with van der Waals surface area (Å²) in [4.78, 5) is 0. The number of hydrazine groups is 1. The standard InChI is InChI=1S/C17H21BrN2O/c1-4-13-10-14(8-9-16(13)18)21-11-15-12(2)6-5-7-17(15)20(3)19/h5-10H,4,11,19H2,1-3H3. The van der Waals surface area contributed by atoms with Gasteiger partial charge >= 0.3 is 0 Å². The van der Waals surface area contributed by atoms with Gasteiger partial charge in [0.15, 0.2) is 0 Å². The molecule has 0 saturated heterocycles. The van der Waals surface area contributed by atoms with Crippen LogP contribution in [0.5, 0.6) is 5.75 Å². The van der Waals surface area contributed by atoms with Crippen LogP contribution in [0.15, 0.2) is 40.9 Å². The molecule has 0 atom stereocenters. The molecule has 0 saturated carbocycles. The van der Waals surface area contributed by atoms with E-state index >= 15 is 0 Å². The molecule has 4 heteroatoms. The molecule has 0 fully saturated rings. The van der Waals surface area contributed by atoms with Crippen LogP contribution in [0.1, 0.15) is 23.6 Å². The Morgan fingerprint density at radius 2 is 2.00 bits per heavy atom. The van der Waals surface area contributed by atoms with Crippen molar-refractivity contribution in [1.29, 1.82) is 0 Å². The number of nitrogens with zero attached hydrogens (tertiary/aromatic N) is 1. The fourth-order valence-corrected chi connectivity index (χ4v) is 2.80. The third-order valence-electron chi connectivity index (χ3n) is 3.55. The second-order valence-corrected chi connectivity index (χ2v) is 5.93. The first-order valence-corrected chi connectivity index (χ1v) is 7.80. The van der Waals surface area contributed by atoms with E-state index in [0.29, 0.717) is 6.61 Å². The molecule has 2 N–H and O–H groups in total. The topological polar surface area (TPSA) is 38.5 Å². The summed E-state index contributed by atoms with van der Waals surface area (Å²) in [6, 6.07) is 12.2. The van der Waals surface area contributed by atoms with Gasteiger partial charge in [0.2, 0.25) is 0 Å². The van der Waals surface area contributed by atoms with Crippen molar-refractivity contribution >= 4 is 21.6 Å². The Balaban J connectivity index is 2.20. The summed E-state index contributed by atoms with van der Waals surface area (Å²) in [5.41, 5.74) is 4.53. The molecule has 112 valence electrons. The summed E-state index contributed by atoms with van der Waals surface area (Å²) in [5, 5.41) is 1.63. The Bertz CT molecular complexity index is 626. The molecule has 2 aromatic carbocycles. The van der Waals surface area contributed by atoms with Crippen LogP contribution < -0.4 is 15.6 Å². The second-order valence-electron chi connectivity index (χ2n) is 5.08. The van der Waals surface area contributed by atoms with Crippen LogP contribution in [0.4, 0.5) is 5.69 Å². The van der Waals surface area contributed by atoms with Gasteiger partial charge in [0.25, 0.3) is 0 Å². The molecule has 0 aliphatic heterocycles. The number of hydrogen-bond acceptors (Lipinski definition) is 3. The van der Waals surface area contributed by atoms with Crippen LogP contribution in [0.2, 0.25) is 0 Å².